The highest BCUT2D eigenvalue weighted by atomic mass is 15.3. The molecule has 0 saturated carbocycles. The number of aliphatic imine (C=N–C) groups is 1. The summed E-state index contributed by atoms with van der Waals surface area (Å²) >= 11 is 0. The first-order valence-corrected chi connectivity index (χ1v) is 9.05. The van der Waals surface area contributed by atoms with Crippen LogP contribution < -0.4 is 5.32 Å². The lowest BCUT2D eigenvalue weighted by atomic mass is 10.2. The first-order valence-electron chi connectivity index (χ1n) is 9.05. The third kappa shape index (κ3) is 7.15. The number of guanidine groups is 1. The van der Waals surface area contributed by atoms with E-state index in [9.17, 15) is 0 Å². The fourth-order valence-electron chi connectivity index (χ4n) is 2.34. The molecule has 6 nitrogen and oxygen atoms in total. The van der Waals surface area contributed by atoms with Crippen LogP contribution in [-0.4, -0.2) is 45.8 Å². The number of rotatable bonds is 11. The number of aromatic nitrogens is 3. The van der Waals surface area contributed by atoms with Crippen LogP contribution in [0, 0.1) is 6.92 Å². The molecule has 0 aliphatic heterocycles. The van der Waals surface area contributed by atoms with Crippen molar-refractivity contribution in [3.05, 3.63) is 24.3 Å². The van der Waals surface area contributed by atoms with Crippen molar-refractivity contribution < 1.29 is 0 Å². The van der Waals surface area contributed by atoms with Crippen molar-refractivity contribution >= 4 is 5.96 Å². The van der Waals surface area contributed by atoms with Crippen LogP contribution in [-0.2, 0) is 13.6 Å². The van der Waals surface area contributed by atoms with Crippen molar-refractivity contribution in [1.82, 2.24) is 25.0 Å². The van der Waals surface area contributed by atoms with Crippen LogP contribution in [0.15, 0.2) is 17.6 Å². The van der Waals surface area contributed by atoms with E-state index in [0.29, 0.717) is 6.54 Å². The number of allylic oxidation sites excluding steroid dienone is 1. The minimum absolute atomic E-state index is 0.548. The molecule has 1 aromatic heterocycles. The van der Waals surface area contributed by atoms with E-state index in [2.05, 4.69) is 41.0 Å². The van der Waals surface area contributed by atoms with Crippen LogP contribution >= 0.6 is 0 Å². The number of unbranched alkanes of at least 4 members (excludes halogenated alkanes) is 4. The van der Waals surface area contributed by atoms with Gasteiger partial charge in [0.25, 0.3) is 0 Å². The molecule has 0 aliphatic rings. The molecule has 0 amide bonds. The molecule has 0 fully saturated rings. The van der Waals surface area contributed by atoms with Gasteiger partial charge in [0.05, 0.1) is 0 Å². The highest BCUT2D eigenvalue weighted by Crippen LogP contribution is 2.03. The number of nitrogens with zero attached hydrogens (tertiary/aromatic N) is 5. The van der Waals surface area contributed by atoms with Crippen LogP contribution in [0.25, 0.3) is 0 Å². The topological polar surface area (TPSA) is 58.3 Å². The molecule has 0 unspecified atom stereocenters. The van der Waals surface area contributed by atoms with Gasteiger partial charge in [0.15, 0.2) is 11.8 Å². The molecule has 6 heteroatoms. The number of nitrogens with one attached hydrogen (secondary N) is 1. The van der Waals surface area contributed by atoms with Crippen molar-refractivity contribution in [2.45, 2.75) is 58.9 Å². The summed E-state index contributed by atoms with van der Waals surface area (Å²) in [5.74, 6) is 2.76. The SMILES string of the molecule is C=CCCCCCN(C)C(=NCc1nnc(C)n1C)NCCCC. The fourth-order valence-corrected chi connectivity index (χ4v) is 2.34. The largest absolute Gasteiger partial charge is 0.356 e. The average Bonchev–Trinajstić information content (AvgIpc) is 2.89. The van der Waals surface area contributed by atoms with E-state index in [1.807, 2.05) is 24.6 Å². The Balaban J connectivity index is 2.58. The smallest absolute Gasteiger partial charge is 0.194 e. The standard InChI is InChI=1S/C18H34N6/c1-6-8-10-11-12-14-23(4)18(19-13-9-7-2)20-15-17-22-21-16(3)24(17)5/h6H,1,7-15H2,2-5H3,(H,19,20). The molecule has 1 N–H and O–H groups in total. The van der Waals surface area contributed by atoms with Gasteiger partial charge in [-0.1, -0.05) is 25.8 Å². The van der Waals surface area contributed by atoms with E-state index in [1.165, 1.54) is 25.7 Å². The Morgan fingerprint density at radius 1 is 1.29 bits per heavy atom. The van der Waals surface area contributed by atoms with Gasteiger partial charge in [-0.15, -0.1) is 16.8 Å². The summed E-state index contributed by atoms with van der Waals surface area (Å²) in [6, 6.07) is 0. The predicted molar refractivity (Wildman–Crippen MR) is 101 cm³/mol. The Kier molecular flexibility index (Phi) is 9.80. The maximum absolute atomic E-state index is 4.75. The van der Waals surface area contributed by atoms with Gasteiger partial charge in [-0.2, -0.15) is 0 Å². The average molecular weight is 335 g/mol. The van der Waals surface area contributed by atoms with Crippen molar-refractivity contribution in [1.29, 1.82) is 0 Å². The van der Waals surface area contributed by atoms with Crippen molar-refractivity contribution in [3.8, 4) is 0 Å². The number of aryl methyl sites for hydroxylation is 1. The van der Waals surface area contributed by atoms with Crippen molar-refractivity contribution in [2.75, 3.05) is 20.1 Å². The summed E-state index contributed by atoms with van der Waals surface area (Å²) in [4.78, 5) is 6.96. The van der Waals surface area contributed by atoms with Gasteiger partial charge in [-0.25, -0.2) is 4.99 Å². The summed E-state index contributed by atoms with van der Waals surface area (Å²) in [6.07, 6.45) is 9.02. The lowest BCUT2D eigenvalue weighted by molar-refractivity contribution is 0.452. The third-order valence-corrected chi connectivity index (χ3v) is 4.13. The second kappa shape index (κ2) is 11.6. The normalized spacial score (nSPS) is 11.6. The summed E-state index contributed by atoms with van der Waals surface area (Å²) in [6.45, 7) is 10.4. The minimum Gasteiger partial charge on any atom is -0.356 e. The zero-order valence-corrected chi connectivity index (χ0v) is 15.9. The molecule has 0 radical (unpaired) electrons. The highest BCUT2D eigenvalue weighted by molar-refractivity contribution is 5.79. The van der Waals surface area contributed by atoms with E-state index < -0.39 is 0 Å². The molecule has 0 aromatic carbocycles. The maximum atomic E-state index is 4.75. The molecule has 0 bridgehead atoms. The summed E-state index contributed by atoms with van der Waals surface area (Å²) in [5.41, 5.74) is 0. The second-order valence-electron chi connectivity index (χ2n) is 6.20. The van der Waals surface area contributed by atoms with Crippen LogP contribution in [0.5, 0.6) is 0 Å². The molecule has 0 saturated heterocycles. The van der Waals surface area contributed by atoms with Gasteiger partial charge in [0.2, 0.25) is 0 Å². The van der Waals surface area contributed by atoms with Crippen molar-refractivity contribution in [3.63, 3.8) is 0 Å². The molecular formula is C18H34N6. The predicted octanol–water partition coefficient (Wildman–Crippen LogP) is 3.05. The van der Waals surface area contributed by atoms with E-state index in [-0.39, 0.29) is 0 Å². The zero-order valence-electron chi connectivity index (χ0n) is 15.9. The van der Waals surface area contributed by atoms with Gasteiger partial charge in [-0.05, 0) is 32.6 Å². The van der Waals surface area contributed by atoms with Crippen LogP contribution in [0.4, 0.5) is 0 Å². The summed E-state index contributed by atoms with van der Waals surface area (Å²) in [7, 11) is 4.08. The Labute approximate surface area is 147 Å². The highest BCUT2D eigenvalue weighted by Gasteiger charge is 2.08. The van der Waals surface area contributed by atoms with E-state index in [1.54, 1.807) is 0 Å². The Morgan fingerprint density at radius 2 is 2.08 bits per heavy atom. The van der Waals surface area contributed by atoms with E-state index in [4.69, 9.17) is 4.99 Å². The Hall–Kier alpha value is -1.85. The van der Waals surface area contributed by atoms with Gasteiger partial charge in [0.1, 0.15) is 12.4 Å². The van der Waals surface area contributed by atoms with Crippen LogP contribution in [0.1, 0.15) is 57.1 Å². The van der Waals surface area contributed by atoms with Crippen molar-refractivity contribution in [2.24, 2.45) is 12.0 Å². The zero-order chi connectivity index (χ0) is 17.8. The molecule has 1 heterocycles. The molecule has 0 spiro atoms. The van der Waals surface area contributed by atoms with E-state index in [0.717, 1.165) is 43.5 Å². The number of hydrogen-bond acceptors (Lipinski definition) is 3. The Morgan fingerprint density at radius 3 is 2.71 bits per heavy atom. The minimum atomic E-state index is 0.548. The molecule has 1 aromatic rings. The lowest BCUT2D eigenvalue weighted by Crippen LogP contribution is -2.40. The van der Waals surface area contributed by atoms with E-state index >= 15 is 0 Å². The Bertz CT molecular complexity index is 506. The van der Waals surface area contributed by atoms with Gasteiger partial charge in [0, 0.05) is 27.2 Å². The monoisotopic (exact) mass is 334 g/mol. The lowest BCUT2D eigenvalue weighted by Gasteiger charge is -2.22. The molecule has 1 rings (SSSR count). The summed E-state index contributed by atoms with van der Waals surface area (Å²) < 4.78 is 1.99. The fraction of sp³-hybridized carbons (Fsp3) is 0.722. The quantitative estimate of drug-likeness (QED) is 0.292. The maximum Gasteiger partial charge on any atom is 0.194 e. The molecule has 0 aliphatic carbocycles. The van der Waals surface area contributed by atoms with Gasteiger partial charge < -0.3 is 14.8 Å². The first kappa shape index (κ1) is 20.2. The molecule has 0 atom stereocenters. The summed E-state index contributed by atoms with van der Waals surface area (Å²) in [5, 5.41) is 11.8. The van der Waals surface area contributed by atoms with Crippen LogP contribution in [0.3, 0.4) is 0 Å². The van der Waals surface area contributed by atoms with Gasteiger partial charge in [-0.3, -0.25) is 0 Å². The molecule has 24 heavy (non-hydrogen) atoms. The first-order chi connectivity index (χ1) is 11.6. The van der Waals surface area contributed by atoms with Crippen LogP contribution in [0.2, 0.25) is 0 Å². The third-order valence-electron chi connectivity index (χ3n) is 4.13. The van der Waals surface area contributed by atoms with Gasteiger partial charge >= 0.3 is 0 Å². The second-order valence-corrected chi connectivity index (χ2v) is 6.20. The number of hydrogen-bond donors (Lipinski definition) is 1. The molecular weight excluding hydrogens is 300 g/mol. The molecule has 136 valence electrons.